The monoisotopic (exact) mass is 494 g/mol. The molecule has 0 spiro atoms. The maximum absolute atomic E-state index is 13.3. The minimum absolute atomic E-state index is 0.0964. The Labute approximate surface area is 201 Å². The van der Waals surface area contributed by atoms with Gasteiger partial charge < -0.3 is 5.32 Å². The summed E-state index contributed by atoms with van der Waals surface area (Å²) in [6.07, 6.45) is 7.47. The summed E-state index contributed by atoms with van der Waals surface area (Å²) < 4.78 is 27.8. The normalized spacial score (nSPS) is 14.8. The summed E-state index contributed by atoms with van der Waals surface area (Å²) >= 11 is 7.91. The average molecular weight is 495 g/mol. The van der Waals surface area contributed by atoms with Crippen molar-refractivity contribution >= 4 is 45.0 Å². The molecule has 1 fully saturated rings. The Bertz CT molecular complexity index is 973. The van der Waals surface area contributed by atoms with E-state index >= 15 is 0 Å². The van der Waals surface area contributed by atoms with Crippen LogP contribution >= 0.6 is 23.4 Å². The number of hydrogen-bond donors (Lipinski definition) is 1. The molecule has 1 aliphatic carbocycles. The van der Waals surface area contributed by atoms with Crippen LogP contribution in [0.1, 0.15) is 44.1 Å². The van der Waals surface area contributed by atoms with Crippen molar-refractivity contribution in [1.29, 1.82) is 0 Å². The summed E-state index contributed by atoms with van der Waals surface area (Å²) in [7, 11) is -3.92. The van der Waals surface area contributed by atoms with Crippen molar-refractivity contribution in [1.82, 2.24) is 5.32 Å². The SMILES string of the molecule is Cc1ccc(N(CC(=O)NCCCSC2CCCCC2)S(=O)(=O)c2ccc(Cl)cc2)cc1. The van der Waals surface area contributed by atoms with Crippen molar-refractivity contribution < 1.29 is 13.2 Å². The van der Waals surface area contributed by atoms with Gasteiger partial charge in [0.1, 0.15) is 6.54 Å². The smallest absolute Gasteiger partial charge is 0.264 e. The third kappa shape index (κ3) is 7.15. The molecule has 32 heavy (non-hydrogen) atoms. The molecule has 1 saturated carbocycles. The zero-order valence-electron chi connectivity index (χ0n) is 18.4. The second kappa shape index (κ2) is 12.0. The van der Waals surface area contributed by atoms with E-state index in [1.165, 1.54) is 56.4 Å². The molecule has 0 unspecified atom stereocenters. The third-order valence-electron chi connectivity index (χ3n) is 5.56. The molecule has 0 radical (unpaired) electrons. The van der Waals surface area contributed by atoms with E-state index in [0.29, 0.717) is 17.3 Å². The van der Waals surface area contributed by atoms with E-state index in [1.54, 1.807) is 12.1 Å². The number of hydrogen-bond acceptors (Lipinski definition) is 4. The van der Waals surface area contributed by atoms with E-state index in [4.69, 9.17) is 11.6 Å². The van der Waals surface area contributed by atoms with E-state index in [0.717, 1.165) is 27.3 Å². The van der Waals surface area contributed by atoms with Crippen molar-refractivity contribution in [2.24, 2.45) is 0 Å². The van der Waals surface area contributed by atoms with E-state index in [-0.39, 0.29) is 17.3 Å². The molecule has 0 heterocycles. The topological polar surface area (TPSA) is 66.5 Å². The van der Waals surface area contributed by atoms with Gasteiger partial charge in [-0.25, -0.2) is 8.42 Å². The number of nitrogens with zero attached hydrogens (tertiary/aromatic N) is 1. The Morgan fingerprint density at radius 3 is 2.38 bits per heavy atom. The summed E-state index contributed by atoms with van der Waals surface area (Å²) in [6, 6.07) is 13.1. The summed E-state index contributed by atoms with van der Waals surface area (Å²) in [5.74, 6) is 0.696. The first-order valence-electron chi connectivity index (χ1n) is 11.1. The zero-order chi connectivity index (χ0) is 23.0. The number of halogens is 1. The highest BCUT2D eigenvalue weighted by atomic mass is 35.5. The average Bonchev–Trinajstić information content (AvgIpc) is 2.79. The Balaban J connectivity index is 1.61. The fourth-order valence-corrected chi connectivity index (χ4v) is 6.59. The first-order valence-corrected chi connectivity index (χ1v) is 14.0. The minimum atomic E-state index is -3.92. The molecule has 1 aliphatic rings. The van der Waals surface area contributed by atoms with Crippen LogP contribution in [-0.2, 0) is 14.8 Å². The highest BCUT2D eigenvalue weighted by molar-refractivity contribution is 7.99. The molecule has 174 valence electrons. The molecule has 0 bridgehead atoms. The summed E-state index contributed by atoms with van der Waals surface area (Å²) in [5.41, 5.74) is 1.46. The molecule has 2 aromatic carbocycles. The summed E-state index contributed by atoms with van der Waals surface area (Å²) in [4.78, 5) is 12.7. The van der Waals surface area contributed by atoms with Crippen molar-refractivity contribution in [3.8, 4) is 0 Å². The van der Waals surface area contributed by atoms with Crippen LogP contribution in [0.5, 0.6) is 0 Å². The molecule has 0 atom stereocenters. The lowest BCUT2D eigenvalue weighted by Crippen LogP contribution is -2.41. The van der Waals surface area contributed by atoms with Gasteiger partial charge in [0.25, 0.3) is 10.0 Å². The largest absolute Gasteiger partial charge is 0.354 e. The summed E-state index contributed by atoms with van der Waals surface area (Å²) in [6.45, 7) is 2.20. The number of carbonyl (C=O) groups is 1. The van der Waals surface area contributed by atoms with E-state index in [1.807, 2.05) is 30.8 Å². The molecule has 3 rings (SSSR count). The van der Waals surface area contributed by atoms with Crippen LogP contribution in [0.15, 0.2) is 53.4 Å². The molecular formula is C24H31ClN2O3S2. The standard InChI is InChI=1S/C24H31ClN2O3S2/c1-19-8-12-21(13-9-19)27(32(29,30)23-14-10-20(25)11-15-23)18-24(28)26-16-5-17-31-22-6-3-2-4-7-22/h8-15,22H,2-7,16-18H2,1H3,(H,26,28). The van der Waals surface area contributed by atoms with Gasteiger partial charge in [-0.05, 0) is 68.3 Å². The van der Waals surface area contributed by atoms with Gasteiger partial charge in [-0.3, -0.25) is 9.10 Å². The number of benzene rings is 2. The number of aryl methyl sites for hydroxylation is 1. The highest BCUT2D eigenvalue weighted by Crippen LogP contribution is 2.28. The van der Waals surface area contributed by atoms with Gasteiger partial charge in [0.15, 0.2) is 0 Å². The number of sulfonamides is 1. The predicted octanol–water partition coefficient (Wildman–Crippen LogP) is 5.42. The summed E-state index contributed by atoms with van der Waals surface area (Å²) in [5, 5.41) is 4.09. The highest BCUT2D eigenvalue weighted by Gasteiger charge is 2.27. The van der Waals surface area contributed by atoms with Crippen molar-refractivity contribution in [3.63, 3.8) is 0 Å². The van der Waals surface area contributed by atoms with Gasteiger partial charge >= 0.3 is 0 Å². The van der Waals surface area contributed by atoms with Crippen LogP contribution in [0.2, 0.25) is 5.02 Å². The maximum atomic E-state index is 13.3. The van der Waals surface area contributed by atoms with E-state index in [2.05, 4.69) is 5.32 Å². The fraction of sp³-hybridized carbons (Fsp3) is 0.458. The predicted molar refractivity (Wildman–Crippen MR) is 134 cm³/mol. The van der Waals surface area contributed by atoms with E-state index < -0.39 is 10.0 Å². The molecular weight excluding hydrogens is 464 g/mol. The van der Waals surface area contributed by atoms with Gasteiger partial charge in [0, 0.05) is 16.8 Å². The molecule has 0 aliphatic heterocycles. The maximum Gasteiger partial charge on any atom is 0.264 e. The van der Waals surface area contributed by atoms with Crippen LogP contribution in [0.25, 0.3) is 0 Å². The number of nitrogens with one attached hydrogen (secondary N) is 1. The lowest BCUT2D eigenvalue weighted by molar-refractivity contribution is -0.119. The van der Waals surface area contributed by atoms with Crippen molar-refractivity contribution in [3.05, 3.63) is 59.1 Å². The molecule has 2 aromatic rings. The molecule has 0 saturated heterocycles. The Morgan fingerprint density at radius 1 is 1.06 bits per heavy atom. The number of anilines is 1. The van der Waals surface area contributed by atoms with Gasteiger partial charge in [-0.2, -0.15) is 11.8 Å². The lowest BCUT2D eigenvalue weighted by atomic mass is 10.0. The molecule has 0 aromatic heterocycles. The second-order valence-corrected chi connectivity index (χ2v) is 11.8. The Hall–Kier alpha value is -1.70. The zero-order valence-corrected chi connectivity index (χ0v) is 20.8. The fourth-order valence-electron chi connectivity index (χ4n) is 3.73. The van der Waals surface area contributed by atoms with Crippen LogP contribution in [-0.4, -0.2) is 38.4 Å². The lowest BCUT2D eigenvalue weighted by Gasteiger charge is -2.24. The van der Waals surface area contributed by atoms with Crippen molar-refractivity contribution in [2.45, 2.75) is 55.6 Å². The minimum Gasteiger partial charge on any atom is -0.354 e. The van der Waals surface area contributed by atoms with Gasteiger partial charge in [0.05, 0.1) is 10.6 Å². The van der Waals surface area contributed by atoms with Crippen molar-refractivity contribution in [2.75, 3.05) is 23.1 Å². The number of amides is 1. The number of carbonyl (C=O) groups excluding carboxylic acids is 1. The van der Waals surface area contributed by atoms with E-state index in [9.17, 15) is 13.2 Å². The second-order valence-electron chi connectivity index (χ2n) is 8.14. The number of rotatable bonds is 10. The quantitative estimate of drug-likeness (QED) is 0.448. The molecule has 1 N–H and O–H groups in total. The first-order chi connectivity index (χ1) is 15.4. The van der Waals surface area contributed by atoms with Gasteiger partial charge in [-0.1, -0.05) is 48.6 Å². The van der Waals surface area contributed by atoms with Crippen LogP contribution in [0.4, 0.5) is 5.69 Å². The molecule has 8 heteroatoms. The Kier molecular flexibility index (Phi) is 9.32. The third-order valence-corrected chi connectivity index (χ3v) is 9.07. The number of thioether (sulfide) groups is 1. The first kappa shape index (κ1) is 24.9. The van der Waals surface area contributed by atoms with Gasteiger partial charge in [-0.15, -0.1) is 0 Å². The van der Waals surface area contributed by atoms with Crippen LogP contribution < -0.4 is 9.62 Å². The Morgan fingerprint density at radius 2 is 1.72 bits per heavy atom. The van der Waals surface area contributed by atoms with Crippen LogP contribution in [0.3, 0.4) is 0 Å². The molecule has 5 nitrogen and oxygen atoms in total. The molecule has 1 amide bonds. The van der Waals surface area contributed by atoms with Crippen LogP contribution in [0, 0.1) is 6.92 Å². The van der Waals surface area contributed by atoms with Gasteiger partial charge in [0.2, 0.25) is 5.91 Å².